The van der Waals surface area contributed by atoms with E-state index in [1.54, 1.807) is 36.4 Å². The molecule has 1 saturated heterocycles. The molecule has 180 valence electrons. The van der Waals surface area contributed by atoms with Crippen molar-refractivity contribution >= 4 is 60.8 Å². The average Bonchev–Trinajstić information content (AvgIpc) is 3.08. The predicted octanol–water partition coefficient (Wildman–Crippen LogP) is 7.56. The van der Waals surface area contributed by atoms with Crippen LogP contribution in [0.25, 0.3) is 6.08 Å². The number of ether oxygens (including phenoxy) is 2. The standard InChI is InChI=1S/C26H20Br2FNO4S/c1-2-33-22-12-17(11-20(28)24(22)34-15-18-5-3-4-6-21(18)29)13-23-25(31)30(26(32)35-23)14-16-7-9-19(27)10-8-16/h3-13H,2,14-15H2,1H3/b23-13-. The van der Waals surface area contributed by atoms with E-state index in [9.17, 15) is 14.0 Å². The molecule has 0 radical (unpaired) electrons. The molecule has 0 aliphatic carbocycles. The van der Waals surface area contributed by atoms with Crippen molar-refractivity contribution in [2.75, 3.05) is 6.61 Å². The molecule has 0 spiro atoms. The Labute approximate surface area is 223 Å². The van der Waals surface area contributed by atoms with Crippen LogP contribution in [0.1, 0.15) is 23.6 Å². The lowest BCUT2D eigenvalue weighted by atomic mass is 10.1. The molecule has 0 bridgehead atoms. The van der Waals surface area contributed by atoms with E-state index in [0.29, 0.717) is 38.6 Å². The number of rotatable bonds is 8. The first kappa shape index (κ1) is 25.5. The zero-order chi connectivity index (χ0) is 24.9. The third-order valence-corrected chi connectivity index (χ3v) is 7.11. The molecule has 1 aliphatic heterocycles. The van der Waals surface area contributed by atoms with Crippen molar-refractivity contribution in [2.45, 2.75) is 20.1 Å². The molecule has 0 aromatic heterocycles. The van der Waals surface area contributed by atoms with Gasteiger partial charge >= 0.3 is 0 Å². The Bertz CT molecular complexity index is 1300. The van der Waals surface area contributed by atoms with Crippen LogP contribution in [-0.2, 0) is 17.9 Å². The molecule has 1 fully saturated rings. The van der Waals surface area contributed by atoms with Gasteiger partial charge in [-0.3, -0.25) is 14.5 Å². The first-order chi connectivity index (χ1) is 16.9. The number of carbonyl (C=O) groups excluding carboxylic acids is 2. The van der Waals surface area contributed by atoms with Gasteiger partial charge in [0.05, 0.1) is 22.5 Å². The maximum Gasteiger partial charge on any atom is 0.293 e. The monoisotopic (exact) mass is 619 g/mol. The van der Waals surface area contributed by atoms with Crippen molar-refractivity contribution in [3.63, 3.8) is 0 Å². The molecule has 0 unspecified atom stereocenters. The van der Waals surface area contributed by atoms with E-state index in [-0.39, 0.29) is 30.1 Å². The summed E-state index contributed by atoms with van der Waals surface area (Å²) in [5.41, 5.74) is 1.94. The quantitative estimate of drug-likeness (QED) is 0.243. The highest BCUT2D eigenvalue weighted by molar-refractivity contribution is 9.10. The third kappa shape index (κ3) is 6.15. The molecule has 9 heteroatoms. The highest BCUT2D eigenvalue weighted by atomic mass is 79.9. The lowest BCUT2D eigenvalue weighted by Crippen LogP contribution is -2.27. The van der Waals surface area contributed by atoms with Gasteiger partial charge in [-0.2, -0.15) is 0 Å². The molecular weight excluding hydrogens is 601 g/mol. The van der Waals surface area contributed by atoms with Crippen LogP contribution in [0.5, 0.6) is 11.5 Å². The molecule has 0 N–H and O–H groups in total. The van der Waals surface area contributed by atoms with E-state index in [4.69, 9.17) is 9.47 Å². The van der Waals surface area contributed by atoms with Crippen LogP contribution >= 0.6 is 43.6 Å². The molecule has 4 rings (SSSR count). The summed E-state index contributed by atoms with van der Waals surface area (Å²) in [6, 6.07) is 17.4. The minimum Gasteiger partial charge on any atom is -0.490 e. The van der Waals surface area contributed by atoms with Crippen molar-refractivity contribution in [2.24, 2.45) is 0 Å². The summed E-state index contributed by atoms with van der Waals surface area (Å²) in [5.74, 6) is 0.170. The van der Waals surface area contributed by atoms with Crippen LogP contribution < -0.4 is 9.47 Å². The van der Waals surface area contributed by atoms with Crippen LogP contribution in [-0.4, -0.2) is 22.7 Å². The van der Waals surface area contributed by atoms with Gasteiger partial charge in [0, 0.05) is 10.0 Å². The molecular formula is C26H20Br2FNO4S. The summed E-state index contributed by atoms with van der Waals surface area (Å²) < 4.78 is 27.1. The summed E-state index contributed by atoms with van der Waals surface area (Å²) in [7, 11) is 0. The van der Waals surface area contributed by atoms with Crippen molar-refractivity contribution in [1.82, 2.24) is 4.90 Å². The van der Waals surface area contributed by atoms with Crippen molar-refractivity contribution in [1.29, 1.82) is 0 Å². The van der Waals surface area contributed by atoms with Crippen LogP contribution in [0.4, 0.5) is 9.18 Å². The van der Waals surface area contributed by atoms with Crippen molar-refractivity contribution < 1.29 is 23.5 Å². The molecule has 1 heterocycles. The molecule has 3 aromatic carbocycles. The average molecular weight is 621 g/mol. The SMILES string of the molecule is CCOc1cc(/C=C2\SC(=O)N(Cc3ccc(Br)cc3)C2=O)cc(Br)c1OCc1ccccc1F. The summed E-state index contributed by atoms with van der Waals surface area (Å²) in [6.45, 7) is 2.45. The number of imide groups is 1. The van der Waals surface area contributed by atoms with Gasteiger partial charge in [-0.1, -0.05) is 46.3 Å². The van der Waals surface area contributed by atoms with E-state index >= 15 is 0 Å². The van der Waals surface area contributed by atoms with Gasteiger partial charge in [0.25, 0.3) is 11.1 Å². The minimum atomic E-state index is -0.350. The number of carbonyl (C=O) groups is 2. The van der Waals surface area contributed by atoms with Crippen LogP contribution in [0.15, 0.2) is 74.5 Å². The van der Waals surface area contributed by atoms with Gasteiger partial charge in [-0.05, 0) is 82.2 Å². The molecule has 0 saturated carbocycles. The zero-order valence-corrected chi connectivity index (χ0v) is 22.6. The lowest BCUT2D eigenvalue weighted by molar-refractivity contribution is -0.123. The second-order valence-electron chi connectivity index (χ2n) is 7.54. The van der Waals surface area contributed by atoms with Crippen LogP contribution in [0.2, 0.25) is 0 Å². The van der Waals surface area contributed by atoms with E-state index in [0.717, 1.165) is 21.8 Å². The van der Waals surface area contributed by atoms with Gasteiger partial charge in [-0.25, -0.2) is 4.39 Å². The molecule has 5 nitrogen and oxygen atoms in total. The van der Waals surface area contributed by atoms with Crippen molar-refractivity contribution in [3.8, 4) is 11.5 Å². The fraction of sp³-hybridized carbons (Fsp3) is 0.154. The number of thioether (sulfide) groups is 1. The zero-order valence-electron chi connectivity index (χ0n) is 18.6. The van der Waals surface area contributed by atoms with Gasteiger partial charge in [0.2, 0.25) is 0 Å². The highest BCUT2D eigenvalue weighted by Gasteiger charge is 2.35. The second-order valence-corrected chi connectivity index (χ2v) is 10.3. The Morgan fingerprint density at radius 2 is 1.77 bits per heavy atom. The number of nitrogens with zero attached hydrogens (tertiary/aromatic N) is 1. The Hall–Kier alpha value is -2.62. The van der Waals surface area contributed by atoms with Gasteiger partial charge < -0.3 is 9.47 Å². The van der Waals surface area contributed by atoms with Gasteiger partial charge in [0.1, 0.15) is 12.4 Å². The maximum atomic E-state index is 14.0. The van der Waals surface area contributed by atoms with E-state index in [1.807, 2.05) is 31.2 Å². The van der Waals surface area contributed by atoms with E-state index < -0.39 is 0 Å². The van der Waals surface area contributed by atoms with Crippen LogP contribution in [0, 0.1) is 5.82 Å². The fourth-order valence-electron chi connectivity index (χ4n) is 3.40. The molecule has 1 aliphatic rings. The first-order valence-corrected chi connectivity index (χ1v) is 13.1. The Morgan fingerprint density at radius 1 is 1.03 bits per heavy atom. The summed E-state index contributed by atoms with van der Waals surface area (Å²) in [4.78, 5) is 27.0. The second kappa shape index (κ2) is 11.4. The smallest absolute Gasteiger partial charge is 0.293 e. The van der Waals surface area contributed by atoms with E-state index in [2.05, 4.69) is 31.9 Å². The third-order valence-electron chi connectivity index (χ3n) is 5.09. The Morgan fingerprint density at radius 3 is 2.49 bits per heavy atom. The maximum absolute atomic E-state index is 14.0. The van der Waals surface area contributed by atoms with Gasteiger partial charge in [0.15, 0.2) is 11.5 Å². The van der Waals surface area contributed by atoms with E-state index in [1.165, 1.54) is 11.0 Å². The Kier molecular flexibility index (Phi) is 8.30. The van der Waals surface area contributed by atoms with Gasteiger partial charge in [-0.15, -0.1) is 0 Å². The largest absolute Gasteiger partial charge is 0.490 e. The number of hydrogen-bond acceptors (Lipinski definition) is 5. The predicted molar refractivity (Wildman–Crippen MR) is 142 cm³/mol. The van der Waals surface area contributed by atoms with Crippen molar-refractivity contribution in [3.05, 3.63) is 97.0 Å². The molecule has 0 atom stereocenters. The first-order valence-electron chi connectivity index (χ1n) is 10.7. The minimum absolute atomic E-state index is 0.0274. The normalized spacial score (nSPS) is 14.6. The fourth-order valence-corrected chi connectivity index (χ4v) is 5.08. The topological polar surface area (TPSA) is 55.8 Å². The molecule has 2 amide bonds. The number of benzene rings is 3. The molecule has 35 heavy (non-hydrogen) atoms. The number of halogens is 3. The summed E-state index contributed by atoms with van der Waals surface area (Å²) >= 11 is 7.78. The summed E-state index contributed by atoms with van der Waals surface area (Å²) in [6.07, 6.45) is 1.65. The number of amides is 2. The molecule has 3 aromatic rings. The lowest BCUT2D eigenvalue weighted by Gasteiger charge is -2.15. The van der Waals surface area contributed by atoms with Crippen LogP contribution in [0.3, 0.4) is 0 Å². The Balaban J connectivity index is 1.55. The summed E-state index contributed by atoms with van der Waals surface area (Å²) in [5, 5.41) is -0.321. The highest BCUT2D eigenvalue weighted by Crippen LogP contribution is 2.40. The number of hydrogen-bond donors (Lipinski definition) is 0.